The molecule has 0 saturated heterocycles. The van der Waals surface area contributed by atoms with Crippen molar-refractivity contribution in [2.45, 2.75) is 11.8 Å². The Balaban J connectivity index is 1.87. The molecule has 1 heterocycles. The van der Waals surface area contributed by atoms with E-state index in [1.54, 1.807) is 43.3 Å². The van der Waals surface area contributed by atoms with Crippen LogP contribution in [0.1, 0.15) is 11.3 Å². The molecule has 130 valence electrons. The minimum atomic E-state index is -3.96. The molecule has 0 saturated carbocycles. The van der Waals surface area contributed by atoms with Gasteiger partial charge in [-0.15, -0.1) is 0 Å². The van der Waals surface area contributed by atoms with Gasteiger partial charge in [0.15, 0.2) is 11.6 Å². The molecule has 0 radical (unpaired) electrons. The fourth-order valence-corrected chi connectivity index (χ4v) is 3.37. The van der Waals surface area contributed by atoms with Gasteiger partial charge in [-0.3, -0.25) is 4.72 Å². The van der Waals surface area contributed by atoms with E-state index in [4.69, 9.17) is 5.26 Å². The first-order valence-corrected chi connectivity index (χ1v) is 9.14. The first kappa shape index (κ1) is 17.6. The van der Waals surface area contributed by atoms with E-state index in [0.29, 0.717) is 11.3 Å². The van der Waals surface area contributed by atoms with Gasteiger partial charge < -0.3 is 0 Å². The van der Waals surface area contributed by atoms with Gasteiger partial charge in [-0.2, -0.15) is 5.26 Å². The zero-order chi connectivity index (χ0) is 18.7. The van der Waals surface area contributed by atoms with Gasteiger partial charge in [-0.25, -0.2) is 17.8 Å². The van der Waals surface area contributed by atoms with Gasteiger partial charge in [0.1, 0.15) is 0 Å². The number of anilines is 1. The van der Waals surface area contributed by atoms with Gasteiger partial charge in [0.05, 0.1) is 16.5 Å². The molecule has 0 spiro atoms. The van der Waals surface area contributed by atoms with Crippen molar-refractivity contribution >= 4 is 15.8 Å². The summed E-state index contributed by atoms with van der Waals surface area (Å²) in [5.74, 6) is -1.07. The van der Waals surface area contributed by atoms with E-state index in [2.05, 4.69) is 9.71 Å². The number of pyridine rings is 1. The first-order valence-electron chi connectivity index (χ1n) is 7.65. The maximum absolute atomic E-state index is 13.8. The summed E-state index contributed by atoms with van der Waals surface area (Å²) in [6.07, 6.45) is 0. The molecule has 0 bridgehead atoms. The van der Waals surface area contributed by atoms with Crippen molar-refractivity contribution in [1.82, 2.24) is 4.98 Å². The number of nitrogens with zero attached hydrogens (tertiary/aromatic N) is 2. The van der Waals surface area contributed by atoms with E-state index in [1.807, 2.05) is 6.07 Å². The topological polar surface area (TPSA) is 82.9 Å². The molecule has 0 unspecified atom stereocenters. The lowest BCUT2D eigenvalue weighted by Crippen LogP contribution is -2.15. The number of hydrogen-bond donors (Lipinski definition) is 1. The van der Waals surface area contributed by atoms with Gasteiger partial charge in [0.25, 0.3) is 10.0 Å². The summed E-state index contributed by atoms with van der Waals surface area (Å²) in [6, 6.07) is 17.8. The van der Waals surface area contributed by atoms with Crippen molar-refractivity contribution in [1.29, 1.82) is 5.26 Å². The SMILES string of the molecule is Cc1ccc(F)c(NS(=O)(=O)c2ccc(-c3ccc(C#N)cc3)cc2)n1. The smallest absolute Gasteiger partial charge is 0.261 e. The Labute approximate surface area is 150 Å². The molecule has 2 aromatic carbocycles. The van der Waals surface area contributed by atoms with Gasteiger partial charge in [0, 0.05) is 5.69 Å². The van der Waals surface area contributed by atoms with Crippen LogP contribution in [0.4, 0.5) is 10.2 Å². The minimum Gasteiger partial charge on any atom is -0.261 e. The van der Waals surface area contributed by atoms with Crippen LogP contribution in [-0.2, 0) is 10.0 Å². The zero-order valence-corrected chi connectivity index (χ0v) is 14.6. The molecule has 0 aliphatic heterocycles. The second-order valence-corrected chi connectivity index (χ2v) is 7.28. The molecule has 5 nitrogen and oxygen atoms in total. The molecule has 3 rings (SSSR count). The summed E-state index contributed by atoms with van der Waals surface area (Å²) in [4.78, 5) is 3.87. The highest BCUT2D eigenvalue weighted by molar-refractivity contribution is 7.92. The van der Waals surface area contributed by atoms with Crippen LogP contribution >= 0.6 is 0 Å². The number of benzene rings is 2. The average molecular weight is 367 g/mol. The predicted octanol–water partition coefficient (Wildman–Crippen LogP) is 3.87. The van der Waals surface area contributed by atoms with Crippen molar-refractivity contribution in [2.75, 3.05) is 4.72 Å². The summed E-state index contributed by atoms with van der Waals surface area (Å²) in [5, 5.41) is 8.83. The Bertz CT molecular complexity index is 1090. The fraction of sp³-hybridized carbons (Fsp3) is 0.0526. The molecule has 0 amide bonds. The predicted molar refractivity (Wildman–Crippen MR) is 96.3 cm³/mol. The molecule has 0 aliphatic rings. The highest BCUT2D eigenvalue weighted by Gasteiger charge is 2.17. The standard InChI is InChI=1S/C19H14FN3O2S/c1-13-2-11-18(20)19(22-13)23-26(24,25)17-9-7-16(8-10-17)15-5-3-14(12-21)4-6-15/h2-11H,1H3,(H,22,23). The van der Waals surface area contributed by atoms with Crippen LogP contribution in [-0.4, -0.2) is 13.4 Å². The van der Waals surface area contributed by atoms with Gasteiger partial charge in [-0.1, -0.05) is 24.3 Å². The van der Waals surface area contributed by atoms with E-state index in [1.165, 1.54) is 18.2 Å². The third-order valence-electron chi connectivity index (χ3n) is 3.73. The Morgan fingerprint density at radius 1 is 0.962 bits per heavy atom. The second kappa shape index (κ2) is 6.94. The molecule has 7 heteroatoms. The van der Waals surface area contributed by atoms with Crippen LogP contribution in [0.25, 0.3) is 11.1 Å². The number of sulfonamides is 1. The number of hydrogen-bond acceptors (Lipinski definition) is 4. The van der Waals surface area contributed by atoms with Crippen molar-refractivity contribution in [2.24, 2.45) is 0 Å². The Morgan fingerprint density at radius 2 is 1.54 bits per heavy atom. The van der Waals surface area contributed by atoms with Crippen LogP contribution < -0.4 is 4.72 Å². The monoisotopic (exact) mass is 367 g/mol. The van der Waals surface area contributed by atoms with Crippen molar-refractivity contribution in [3.8, 4) is 17.2 Å². The van der Waals surface area contributed by atoms with Crippen molar-refractivity contribution in [3.05, 3.63) is 77.7 Å². The lowest BCUT2D eigenvalue weighted by Gasteiger charge is -2.09. The molecule has 26 heavy (non-hydrogen) atoms. The maximum atomic E-state index is 13.8. The minimum absolute atomic E-state index is 0.00222. The summed E-state index contributed by atoms with van der Waals surface area (Å²) in [6.45, 7) is 1.64. The fourth-order valence-electron chi connectivity index (χ4n) is 2.36. The van der Waals surface area contributed by atoms with E-state index >= 15 is 0 Å². The number of aryl methyl sites for hydroxylation is 1. The molecule has 3 aromatic rings. The molecular formula is C19H14FN3O2S. The van der Waals surface area contributed by atoms with Gasteiger partial charge in [-0.05, 0) is 54.4 Å². The molecular weight excluding hydrogens is 353 g/mol. The highest BCUT2D eigenvalue weighted by atomic mass is 32.2. The van der Waals surface area contributed by atoms with Crippen LogP contribution in [0.3, 0.4) is 0 Å². The van der Waals surface area contributed by atoms with Crippen LogP contribution in [0, 0.1) is 24.1 Å². The van der Waals surface area contributed by atoms with E-state index < -0.39 is 15.8 Å². The third-order valence-corrected chi connectivity index (χ3v) is 5.08. The summed E-state index contributed by atoms with van der Waals surface area (Å²) < 4.78 is 40.8. The van der Waals surface area contributed by atoms with Crippen LogP contribution in [0.5, 0.6) is 0 Å². The third kappa shape index (κ3) is 3.71. The Hall–Kier alpha value is -3.24. The average Bonchev–Trinajstić information content (AvgIpc) is 2.65. The largest absolute Gasteiger partial charge is 0.263 e. The lowest BCUT2D eigenvalue weighted by atomic mass is 10.0. The number of nitrogens with one attached hydrogen (secondary N) is 1. The molecule has 0 fully saturated rings. The summed E-state index contributed by atoms with van der Waals surface area (Å²) in [7, 11) is -3.96. The second-order valence-electron chi connectivity index (χ2n) is 5.60. The van der Waals surface area contributed by atoms with E-state index in [-0.39, 0.29) is 10.7 Å². The zero-order valence-electron chi connectivity index (χ0n) is 13.8. The van der Waals surface area contributed by atoms with Gasteiger partial charge >= 0.3 is 0 Å². The van der Waals surface area contributed by atoms with Crippen LogP contribution in [0.2, 0.25) is 0 Å². The van der Waals surface area contributed by atoms with Crippen molar-refractivity contribution < 1.29 is 12.8 Å². The molecule has 0 aliphatic carbocycles. The highest BCUT2D eigenvalue weighted by Crippen LogP contribution is 2.23. The quantitative estimate of drug-likeness (QED) is 0.759. The van der Waals surface area contributed by atoms with Gasteiger partial charge in [0.2, 0.25) is 0 Å². The molecule has 1 aromatic heterocycles. The maximum Gasteiger partial charge on any atom is 0.263 e. The number of halogens is 1. The van der Waals surface area contributed by atoms with E-state index in [0.717, 1.165) is 17.2 Å². The number of rotatable bonds is 4. The Kier molecular flexibility index (Phi) is 4.69. The molecule has 1 N–H and O–H groups in total. The first-order chi connectivity index (χ1) is 12.4. The summed E-state index contributed by atoms with van der Waals surface area (Å²) >= 11 is 0. The lowest BCUT2D eigenvalue weighted by molar-refractivity contribution is 0.597. The van der Waals surface area contributed by atoms with E-state index in [9.17, 15) is 12.8 Å². The molecule has 0 atom stereocenters. The van der Waals surface area contributed by atoms with Crippen LogP contribution in [0.15, 0.2) is 65.6 Å². The van der Waals surface area contributed by atoms with Crippen molar-refractivity contribution in [3.63, 3.8) is 0 Å². The number of aromatic nitrogens is 1. The Morgan fingerprint density at radius 3 is 2.12 bits per heavy atom. The normalized spacial score (nSPS) is 11.0. The summed E-state index contributed by atoms with van der Waals surface area (Å²) in [5.41, 5.74) is 2.70. The number of nitriles is 1.